The Labute approximate surface area is 96.0 Å². The van der Waals surface area contributed by atoms with Gasteiger partial charge in [0.2, 0.25) is 0 Å². The molecule has 90 valence electrons. The summed E-state index contributed by atoms with van der Waals surface area (Å²) in [6.07, 6.45) is 0.0163. The third kappa shape index (κ3) is 2.65. The number of benzene rings is 1. The average molecular weight is 225 g/mol. The van der Waals surface area contributed by atoms with Crippen LogP contribution in [0.15, 0.2) is 18.2 Å². The summed E-state index contributed by atoms with van der Waals surface area (Å²) in [7, 11) is 3.17. The molecule has 0 heterocycles. The molecule has 0 bridgehead atoms. The first-order valence-corrected chi connectivity index (χ1v) is 5.29. The van der Waals surface area contributed by atoms with Crippen molar-refractivity contribution in [2.24, 2.45) is 5.73 Å². The fraction of sp³-hybridized carbons (Fsp3) is 0.500. The monoisotopic (exact) mass is 225 g/mol. The minimum Gasteiger partial charge on any atom is -0.497 e. The lowest BCUT2D eigenvalue weighted by molar-refractivity contribution is 0.139. The van der Waals surface area contributed by atoms with Crippen molar-refractivity contribution < 1.29 is 14.6 Å². The van der Waals surface area contributed by atoms with Crippen LogP contribution in [0.25, 0.3) is 0 Å². The van der Waals surface area contributed by atoms with Gasteiger partial charge in [0.15, 0.2) is 0 Å². The number of nitrogens with two attached hydrogens (primary N) is 1. The normalized spacial score (nSPS) is 14.3. The Morgan fingerprint density at radius 1 is 1.31 bits per heavy atom. The minimum absolute atomic E-state index is 0.463. The third-order valence-corrected chi connectivity index (χ3v) is 2.63. The predicted molar refractivity (Wildman–Crippen MR) is 62.8 cm³/mol. The smallest absolute Gasteiger partial charge is 0.123 e. The molecule has 0 aliphatic carbocycles. The molecule has 0 saturated carbocycles. The van der Waals surface area contributed by atoms with E-state index in [-0.39, 0.29) is 0 Å². The standard InChI is InChI=1S/C12H19NO3/c1-4-10(14)12(13)9-7-8(15-2)5-6-11(9)16-3/h5-7,10,12,14H,4,13H2,1-3H3/t10-,12+/m0/s1. The fourth-order valence-corrected chi connectivity index (χ4v) is 1.56. The molecular weight excluding hydrogens is 206 g/mol. The molecule has 1 rings (SSSR count). The summed E-state index contributed by atoms with van der Waals surface area (Å²) in [5.74, 6) is 1.37. The molecule has 0 fully saturated rings. The third-order valence-electron chi connectivity index (χ3n) is 2.63. The maximum atomic E-state index is 9.74. The van der Waals surface area contributed by atoms with Crippen molar-refractivity contribution in [1.82, 2.24) is 0 Å². The topological polar surface area (TPSA) is 64.7 Å². The van der Waals surface area contributed by atoms with Gasteiger partial charge in [-0.3, -0.25) is 0 Å². The van der Waals surface area contributed by atoms with Crippen LogP contribution < -0.4 is 15.2 Å². The summed E-state index contributed by atoms with van der Waals surface area (Å²) in [4.78, 5) is 0. The molecule has 16 heavy (non-hydrogen) atoms. The van der Waals surface area contributed by atoms with Crippen LogP contribution >= 0.6 is 0 Å². The van der Waals surface area contributed by atoms with Crippen LogP contribution in [0.2, 0.25) is 0 Å². The quantitative estimate of drug-likeness (QED) is 0.796. The second-order valence-corrected chi connectivity index (χ2v) is 3.61. The largest absolute Gasteiger partial charge is 0.497 e. The van der Waals surface area contributed by atoms with Crippen LogP contribution in [0, 0.1) is 0 Å². The Morgan fingerprint density at radius 2 is 2.00 bits per heavy atom. The minimum atomic E-state index is -0.582. The van der Waals surface area contributed by atoms with Crippen molar-refractivity contribution in [2.45, 2.75) is 25.5 Å². The van der Waals surface area contributed by atoms with Gasteiger partial charge in [-0.05, 0) is 24.6 Å². The van der Waals surface area contributed by atoms with Gasteiger partial charge in [0, 0.05) is 5.56 Å². The molecule has 4 nitrogen and oxygen atoms in total. The molecule has 0 aliphatic heterocycles. The van der Waals surface area contributed by atoms with Crippen molar-refractivity contribution in [3.05, 3.63) is 23.8 Å². The Balaban J connectivity index is 3.07. The number of rotatable bonds is 5. The van der Waals surface area contributed by atoms with Gasteiger partial charge in [-0.25, -0.2) is 0 Å². The number of methoxy groups -OCH3 is 2. The Morgan fingerprint density at radius 3 is 2.50 bits per heavy atom. The van der Waals surface area contributed by atoms with Gasteiger partial charge in [-0.2, -0.15) is 0 Å². The highest BCUT2D eigenvalue weighted by Gasteiger charge is 2.19. The zero-order valence-corrected chi connectivity index (χ0v) is 9.93. The Hall–Kier alpha value is -1.26. The highest BCUT2D eigenvalue weighted by Crippen LogP contribution is 2.30. The Bertz CT molecular complexity index is 341. The molecule has 0 aromatic heterocycles. The van der Waals surface area contributed by atoms with Crippen molar-refractivity contribution in [1.29, 1.82) is 0 Å². The van der Waals surface area contributed by atoms with Crippen LogP contribution in [-0.2, 0) is 0 Å². The van der Waals surface area contributed by atoms with E-state index in [1.165, 1.54) is 0 Å². The van der Waals surface area contributed by atoms with Gasteiger partial charge in [-0.1, -0.05) is 6.92 Å². The zero-order valence-electron chi connectivity index (χ0n) is 9.93. The van der Waals surface area contributed by atoms with Gasteiger partial charge in [-0.15, -0.1) is 0 Å². The SMILES string of the molecule is CC[C@H](O)[C@H](N)c1cc(OC)ccc1OC. The Kier molecular flexibility index (Phi) is 4.58. The van der Waals surface area contributed by atoms with E-state index < -0.39 is 12.1 Å². The molecule has 2 atom stereocenters. The number of aliphatic hydroxyl groups is 1. The molecule has 1 aromatic rings. The second kappa shape index (κ2) is 5.72. The maximum absolute atomic E-state index is 9.74. The van der Waals surface area contributed by atoms with Gasteiger partial charge < -0.3 is 20.3 Å². The second-order valence-electron chi connectivity index (χ2n) is 3.61. The van der Waals surface area contributed by atoms with Crippen LogP contribution in [0.1, 0.15) is 24.9 Å². The van der Waals surface area contributed by atoms with E-state index in [1.807, 2.05) is 6.92 Å². The highest BCUT2D eigenvalue weighted by atomic mass is 16.5. The van der Waals surface area contributed by atoms with E-state index in [9.17, 15) is 5.11 Å². The van der Waals surface area contributed by atoms with Gasteiger partial charge in [0.1, 0.15) is 11.5 Å². The van der Waals surface area contributed by atoms with E-state index in [2.05, 4.69) is 0 Å². The molecule has 1 aromatic carbocycles. The molecule has 4 heteroatoms. The summed E-state index contributed by atoms with van der Waals surface area (Å²) >= 11 is 0. The van der Waals surface area contributed by atoms with Gasteiger partial charge in [0.25, 0.3) is 0 Å². The summed E-state index contributed by atoms with van der Waals surface area (Å²) in [5.41, 5.74) is 6.72. The van der Waals surface area contributed by atoms with Gasteiger partial charge in [0.05, 0.1) is 26.4 Å². The van der Waals surface area contributed by atoms with E-state index in [0.29, 0.717) is 17.9 Å². The predicted octanol–water partition coefficient (Wildman–Crippen LogP) is 1.47. The van der Waals surface area contributed by atoms with Gasteiger partial charge >= 0.3 is 0 Å². The van der Waals surface area contributed by atoms with Crippen molar-refractivity contribution >= 4 is 0 Å². The summed E-state index contributed by atoms with van der Waals surface area (Å²) < 4.78 is 10.3. The molecule has 0 aliphatic rings. The first-order chi connectivity index (χ1) is 7.63. The van der Waals surface area contributed by atoms with E-state index in [0.717, 1.165) is 5.56 Å². The molecule has 0 spiro atoms. The van der Waals surface area contributed by atoms with E-state index in [4.69, 9.17) is 15.2 Å². The first-order valence-electron chi connectivity index (χ1n) is 5.29. The van der Waals surface area contributed by atoms with Crippen LogP contribution in [-0.4, -0.2) is 25.4 Å². The summed E-state index contributed by atoms with van der Waals surface area (Å²) in [6.45, 7) is 1.89. The van der Waals surface area contributed by atoms with Crippen molar-refractivity contribution in [2.75, 3.05) is 14.2 Å². The fourth-order valence-electron chi connectivity index (χ4n) is 1.56. The van der Waals surface area contributed by atoms with Crippen molar-refractivity contribution in [3.63, 3.8) is 0 Å². The molecular formula is C12H19NO3. The lowest BCUT2D eigenvalue weighted by Crippen LogP contribution is -2.25. The van der Waals surface area contributed by atoms with Crippen LogP contribution in [0.4, 0.5) is 0 Å². The van der Waals surface area contributed by atoms with E-state index in [1.54, 1.807) is 32.4 Å². The average Bonchev–Trinajstić information content (AvgIpc) is 2.35. The lowest BCUT2D eigenvalue weighted by Gasteiger charge is -2.20. The molecule has 0 amide bonds. The number of hydrogen-bond acceptors (Lipinski definition) is 4. The van der Waals surface area contributed by atoms with Crippen molar-refractivity contribution in [3.8, 4) is 11.5 Å². The van der Waals surface area contributed by atoms with E-state index >= 15 is 0 Å². The maximum Gasteiger partial charge on any atom is 0.123 e. The summed E-state index contributed by atoms with van der Waals surface area (Å²) in [5, 5.41) is 9.74. The number of ether oxygens (including phenoxy) is 2. The highest BCUT2D eigenvalue weighted by molar-refractivity contribution is 5.42. The molecule has 0 radical (unpaired) electrons. The zero-order chi connectivity index (χ0) is 12.1. The van der Waals surface area contributed by atoms with Crippen LogP contribution in [0.5, 0.6) is 11.5 Å². The molecule has 3 N–H and O–H groups in total. The first kappa shape index (κ1) is 12.8. The molecule has 0 unspecified atom stereocenters. The molecule has 0 saturated heterocycles. The lowest BCUT2D eigenvalue weighted by atomic mass is 9.99. The van der Waals surface area contributed by atoms with Crippen LogP contribution in [0.3, 0.4) is 0 Å². The number of aliphatic hydroxyl groups excluding tert-OH is 1. The summed E-state index contributed by atoms with van der Waals surface area (Å²) in [6, 6.07) is 4.92. The number of hydrogen-bond donors (Lipinski definition) is 2.